The first-order chi connectivity index (χ1) is 11.2. The van der Waals surface area contributed by atoms with Crippen molar-refractivity contribution in [3.8, 4) is 0 Å². The van der Waals surface area contributed by atoms with Crippen LogP contribution in [0.1, 0.15) is 48.8 Å². The van der Waals surface area contributed by atoms with Crippen LogP contribution >= 0.6 is 0 Å². The van der Waals surface area contributed by atoms with Gasteiger partial charge in [-0.05, 0) is 13.3 Å². The molecule has 0 aliphatic carbocycles. The van der Waals surface area contributed by atoms with Crippen molar-refractivity contribution in [2.75, 3.05) is 19.7 Å². The van der Waals surface area contributed by atoms with Crippen molar-refractivity contribution in [2.24, 2.45) is 0 Å². The SMILES string of the molecule is CCCCc1ncc(CN2CCO[C@@H](c3cnc(C)cn3)C2)[nH]1. The maximum absolute atomic E-state index is 5.86. The molecule has 0 amide bonds. The minimum absolute atomic E-state index is 0.000617. The van der Waals surface area contributed by atoms with E-state index in [0.717, 1.165) is 49.9 Å². The van der Waals surface area contributed by atoms with Gasteiger partial charge in [0.05, 0.1) is 24.2 Å². The highest BCUT2D eigenvalue weighted by molar-refractivity contribution is 5.06. The fraction of sp³-hybridized carbons (Fsp3) is 0.588. The number of rotatable bonds is 6. The number of morpholine rings is 1. The summed E-state index contributed by atoms with van der Waals surface area (Å²) in [7, 11) is 0. The Labute approximate surface area is 137 Å². The van der Waals surface area contributed by atoms with E-state index < -0.39 is 0 Å². The van der Waals surface area contributed by atoms with Crippen LogP contribution in [0.15, 0.2) is 18.6 Å². The van der Waals surface area contributed by atoms with E-state index >= 15 is 0 Å². The van der Waals surface area contributed by atoms with Gasteiger partial charge in [-0.3, -0.25) is 14.9 Å². The van der Waals surface area contributed by atoms with Crippen LogP contribution in [0.4, 0.5) is 0 Å². The topological polar surface area (TPSA) is 66.9 Å². The van der Waals surface area contributed by atoms with Gasteiger partial charge in [0.1, 0.15) is 11.9 Å². The number of imidazole rings is 1. The second kappa shape index (κ2) is 7.66. The molecule has 1 N–H and O–H groups in total. The molecular formula is C17H25N5O. The number of aromatic amines is 1. The highest BCUT2D eigenvalue weighted by Crippen LogP contribution is 2.21. The van der Waals surface area contributed by atoms with Crippen LogP contribution in [-0.4, -0.2) is 44.5 Å². The quantitative estimate of drug-likeness (QED) is 0.887. The average molecular weight is 315 g/mol. The Morgan fingerprint density at radius 1 is 1.26 bits per heavy atom. The number of H-pyrrole nitrogens is 1. The Hall–Kier alpha value is -1.79. The summed E-state index contributed by atoms with van der Waals surface area (Å²) in [4.78, 5) is 19.1. The molecule has 23 heavy (non-hydrogen) atoms. The lowest BCUT2D eigenvalue weighted by atomic mass is 10.2. The molecule has 1 atom stereocenters. The van der Waals surface area contributed by atoms with Crippen molar-refractivity contribution < 1.29 is 4.74 Å². The zero-order valence-electron chi connectivity index (χ0n) is 14.0. The van der Waals surface area contributed by atoms with Crippen molar-refractivity contribution in [2.45, 2.75) is 45.8 Å². The van der Waals surface area contributed by atoms with E-state index in [9.17, 15) is 0 Å². The minimum atomic E-state index is -0.000617. The first-order valence-corrected chi connectivity index (χ1v) is 8.40. The highest BCUT2D eigenvalue weighted by atomic mass is 16.5. The molecule has 2 aromatic heterocycles. The maximum atomic E-state index is 5.86. The van der Waals surface area contributed by atoms with Crippen molar-refractivity contribution in [1.29, 1.82) is 0 Å². The third-order valence-corrected chi connectivity index (χ3v) is 4.12. The van der Waals surface area contributed by atoms with E-state index in [1.165, 1.54) is 18.5 Å². The Bertz CT molecular complexity index is 610. The number of hydrogen-bond acceptors (Lipinski definition) is 5. The molecule has 0 radical (unpaired) electrons. The smallest absolute Gasteiger partial charge is 0.114 e. The molecule has 3 rings (SSSR count). The summed E-state index contributed by atoms with van der Waals surface area (Å²) in [6.07, 6.45) is 8.98. The lowest BCUT2D eigenvalue weighted by Gasteiger charge is -2.32. The van der Waals surface area contributed by atoms with Crippen LogP contribution in [-0.2, 0) is 17.7 Å². The highest BCUT2D eigenvalue weighted by Gasteiger charge is 2.23. The zero-order chi connectivity index (χ0) is 16.1. The van der Waals surface area contributed by atoms with Gasteiger partial charge in [0, 0.05) is 44.1 Å². The van der Waals surface area contributed by atoms with E-state index in [2.05, 4.69) is 31.8 Å². The summed E-state index contributed by atoms with van der Waals surface area (Å²) < 4.78 is 5.86. The van der Waals surface area contributed by atoms with Gasteiger partial charge in [-0.25, -0.2) is 4.98 Å². The third-order valence-electron chi connectivity index (χ3n) is 4.12. The Kier molecular flexibility index (Phi) is 5.35. The fourth-order valence-corrected chi connectivity index (χ4v) is 2.79. The zero-order valence-corrected chi connectivity index (χ0v) is 14.0. The maximum Gasteiger partial charge on any atom is 0.114 e. The number of hydrogen-bond donors (Lipinski definition) is 1. The van der Waals surface area contributed by atoms with Gasteiger partial charge < -0.3 is 9.72 Å². The van der Waals surface area contributed by atoms with Gasteiger partial charge in [-0.2, -0.15) is 0 Å². The largest absolute Gasteiger partial charge is 0.369 e. The van der Waals surface area contributed by atoms with Gasteiger partial charge in [-0.15, -0.1) is 0 Å². The van der Waals surface area contributed by atoms with E-state index in [0.29, 0.717) is 0 Å². The molecule has 124 valence electrons. The molecule has 2 aromatic rings. The van der Waals surface area contributed by atoms with Crippen LogP contribution in [0, 0.1) is 6.92 Å². The number of aryl methyl sites for hydroxylation is 2. The van der Waals surface area contributed by atoms with E-state index in [-0.39, 0.29) is 6.10 Å². The normalized spacial score (nSPS) is 19.1. The van der Waals surface area contributed by atoms with Crippen LogP contribution in [0.2, 0.25) is 0 Å². The first-order valence-electron chi connectivity index (χ1n) is 8.40. The molecule has 0 unspecified atom stereocenters. The Morgan fingerprint density at radius 2 is 2.17 bits per heavy atom. The lowest BCUT2D eigenvalue weighted by Crippen LogP contribution is -2.38. The third kappa shape index (κ3) is 4.36. The molecule has 0 saturated carbocycles. The van der Waals surface area contributed by atoms with Crippen molar-refractivity contribution >= 4 is 0 Å². The summed E-state index contributed by atoms with van der Waals surface area (Å²) in [6, 6.07) is 0. The number of unbranched alkanes of at least 4 members (excludes halogenated alkanes) is 1. The Morgan fingerprint density at radius 3 is 2.96 bits per heavy atom. The monoisotopic (exact) mass is 315 g/mol. The van der Waals surface area contributed by atoms with Crippen LogP contribution in [0.3, 0.4) is 0 Å². The van der Waals surface area contributed by atoms with Crippen LogP contribution < -0.4 is 0 Å². The van der Waals surface area contributed by atoms with Gasteiger partial charge >= 0.3 is 0 Å². The van der Waals surface area contributed by atoms with Crippen molar-refractivity contribution in [3.05, 3.63) is 41.5 Å². The number of ether oxygens (including phenoxy) is 1. The number of aromatic nitrogens is 4. The molecule has 6 heteroatoms. The van der Waals surface area contributed by atoms with Gasteiger partial charge in [0.15, 0.2) is 0 Å². The molecule has 0 spiro atoms. The van der Waals surface area contributed by atoms with E-state index in [1.54, 1.807) is 6.20 Å². The van der Waals surface area contributed by atoms with Crippen molar-refractivity contribution in [1.82, 2.24) is 24.8 Å². The van der Waals surface area contributed by atoms with Gasteiger partial charge in [0.25, 0.3) is 0 Å². The van der Waals surface area contributed by atoms with Crippen molar-refractivity contribution in [3.63, 3.8) is 0 Å². The molecule has 1 saturated heterocycles. The summed E-state index contributed by atoms with van der Waals surface area (Å²) in [5.41, 5.74) is 3.01. The summed E-state index contributed by atoms with van der Waals surface area (Å²) >= 11 is 0. The molecule has 0 aromatic carbocycles. The molecule has 1 aliphatic heterocycles. The second-order valence-corrected chi connectivity index (χ2v) is 6.14. The number of nitrogens with one attached hydrogen (secondary N) is 1. The standard InChI is InChI=1S/C17H25N5O/c1-3-4-5-17-20-9-14(21-17)11-22-6-7-23-16(12-22)15-10-18-13(2)8-19-15/h8-10,16H,3-7,11-12H2,1-2H3,(H,20,21)/t16-/m1/s1. The Balaban J connectivity index is 1.58. The molecule has 0 bridgehead atoms. The predicted molar refractivity (Wildman–Crippen MR) is 87.9 cm³/mol. The first kappa shape index (κ1) is 16.1. The van der Waals surface area contributed by atoms with Gasteiger partial charge in [-0.1, -0.05) is 13.3 Å². The molecule has 6 nitrogen and oxygen atoms in total. The minimum Gasteiger partial charge on any atom is -0.369 e. The molecule has 1 aliphatic rings. The van der Waals surface area contributed by atoms with Crippen LogP contribution in [0.5, 0.6) is 0 Å². The molecular weight excluding hydrogens is 290 g/mol. The second-order valence-electron chi connectivity index (χ2n) is 6.14. The summed E-state index contributed by atoms with van der Waals surface area (Å²) in [5.74, 6) is 1.09. The average Bonchev–Trinajstić information content (AvgIpc) is 3.01. The fourth-order valence-electron chi connectivity index (χ4n) is 2.79. The summed E-state index contributed by atoms with van der Waals surface area (Å²) in [5, 5.41) is 0. The summed E-state index contributed by atoms with van der Waals surface area (Å²) in [6.45, 7) is 7.50. The lowest BCUT2D eigenvalue weighted by molar-refractivity contribution is -0.0355. The molecule has 1 fully saturated rings. The van der Waals surface area contributed by atoms with E-state index in [4.69, 9.17) is 4.74 Å². The molecule has 3 heterocycles. The van der Waals surface area contributed by atoms with E-state index in [1.807, 2.05) is 19.3 Å². The number of nitrogens with zero attached hydrogens (tertiary/aromatic N) is 4. The van der Waals surface area contributed by atoms with Crippen LogP contribution in [0.25, 0.3) is 0 Å². The van der Waals surface area contributed by atoms with Gasteiger partial charge in [0.2, 0.25) is 0 Å². The predicted octanol–water partition coefficient (Wildman–Crippen LogP) is 2.42.